The van der Waals surface area contributed by atoms with E-state index in [2.05, 4.69) is 9.97 Å². The summed E-state index contributed by atoms with van der Waals surface area (Å²) in [5.74, 6) is 0.415. The molecule has 0 unspecified atom stereocenters. The predicted molar refractivity (Wildman–Crippen MR) is 80.8 cm³/mol. The van der Waals surface area contributed by atoms with E-state index < -0.39 is 0 Å². The molecule has 20 heavy (non-hydrogen) atoms. The Morgan fingerprint density at radius 3 is 2.65 bits per heavy atom. The molecule has 0 spiro atoms. The van der Waals surface area contributed by atoms with Crippen LogP contribution in [0.2, 0.25) is 10.4 Å². The van der Waals surface area contributed by atoms with Gasteiger partial charge >= 0.3 is 0 Å². The number of benzene rings is 1. The van der Waals surface area contributed by atoms with Crippen molar-refractivity contribution in [1.29, 1.82) is 0 Å². The van der Waals surface area contributed by atoms with Gasteiger partial charge in [-0.25, -0.2) is 4.98 Å². The van der Waals surface area contributed by atoms with E-state index >= 15 is 0 Å². The predicted octanol–water partition coefficient (Wildman–Crippen LogP) is 3.95. The largest absolute Gasteiger partial charge is 0.278 e. The van der Waals surface area contributed by atoms with Gasteiger partial charge in [0.15, 0.2) is 0 Å². The first-order valence-electron chi connectivity index (χ1n) is 6.10. The van der Waals surface area contributed by atoms with Gasteiger partial charge in [-0.05, 0) is 42.6 Å². The van der Waals surface area contributed by atoms with Gasteiger partial charge in [-0.1, -0.05) is 30.7 Å². The summed E-state index contributed by atoms with van der Waals surface area (Å²) in [7, 11) is 0. The number of carbonyl (C=O) groups excluding carboxylic acids is 1. The summed E-state index contributed by atoms with van der Waals surface area (Å²) in [5.41, 5.74) is 2.43. The van der Waals surface area contributed by atoms with Gasteiger partial charge in [-0.15, -0.1) is 0 Å². The molecule has 104 valence electrons. The lowest BCUT2D eigenvalue weighted by Crippen LogP contribution is -2.18. The number of hydrogen-bond acceptors (Lipinski definition) is 3. The van der Waals surface area contributed by atoms with E-state index in [4.69, 9.17) is 23.2 Å². The number of aryl methyl sites for hydroxylation is 1. The Morgan fingerprint density at radius 1 is 1.30 bits per heavy atom. The second kappa shape index (κ2) is 6.20. The molecular weight excluding hydrogens is 297 g/mol. The van der Waals surface area contributed by atoms with Gasteiger partial charge in [-0.3, -0.25) is 9.69 Å². The molecule has 0 radical (unpaired) electrons. The second-order valence-electron chi connectivity index (χ2n) is 4.25. The molecular formula is C14H13Cl2N3O. The Hall–Kier alpha value is -1.65. The van der Waals surface area contributed by atoms with Crippen molar-refractivity contribution in [3.8, 4) is 0 Å². The smallest absolute Gasteiger partial charge is 0.225 e. The number of rotatable bonds is 4. The second-order valence-corrected chi connectivity index (χ2v) is 4.95. The fraction of sp³-hybridized carbons (Fsp3) is 0.214. The van der Waals surface area contributed by atoms with Crippen LogP contribution in [0.25, 0.3) is 0 Å². The van der Waals surface area contributed by atoms with Crippen LogP contribution in [0.15, 0.2) is 24.3 Å². The summed E-state index contributed by atoms with van der Waals surface area (Å²) in [6.45, 7) is 3.87. The highest BCUT2D eigenvalue weighted by Gasteiger charge is 2.18. The van der Waals surface area contributed by atoms with E-state index in [0.717, 1.165) is 5.56 Å². The zero-order chi connectivity index (χ0) is 14.7. The van der Waals surface area contributed by atoms with Crippen molar-refractivity contribution >= 4 is 41.1 Å². The van der Waals surface area contributed by atoms with Crippen LogP contribution >= 0.6 is 23.2 Å². The van der Waals surface area contributed by atoms with Crippen LogP contribution in [-0.4, -0.2) is 16.4 Å². The Kier molecular flexibility index (Phi) is 4.57. The minimum absolute atomic E-state index is 0.0155. The molecule has 0 fully saturated rings. The number of carbonyl (C=O) groups is 1. The molecule has 1 aromatic heterocycles. The molecule has 0 aliphatic heterocycles. The Labute approximate surface area is 127 Å². The van der Waals surface area contributed by atoms with Gasteiger partial charge in [0.2, 0.25) is 11.7 Å². The van der Waals surface area contributed by atoms with Crippen molar-refractivity contribution in [1.82, 2.24) is 9.97 Å². The third-order valence-electron chi connectivity index (χ3n) is 2.87. The van der Waals surface area contributed by atoms with Crippen LogP contribution in [0.1, 0.15) is 18.1 Å². The topological polar surface area (TPSA) is 46.1 Å². The summed E-state index contributed by atoms with van der Waals surface area (Å²) in [4.78, 5) is 21.0. The molecule has 1 amide bonds. The average Bonchev–Trinajstić information content (AvgIpc) is 2.39. The molecule has 4 nitrogen and oxygen atoms in total. The quantitative estimate of drug-likeness (QED) is 0.488. The molecule has 0 N–H and O–H groups in total. The number of hydrogen-bond donors (Lipinski definition) is 0. The molecule has 0 aliphatic carbocycles. The maximum Gasteiger partial charge on any atom is 0.225 e. The SMILES string of the molecule is CCc1c(Cl)nc(Cl)nc1N(C=O)c1cccc(C)c1. The summed E-state index contributed by atoms with van der Waals surface area (Å²) in [6, 6.07) is 7.53. The highest BCUT2D eigenvalue weighted by Crippen LogP contribution is 2.30. The van der Waals surface area contributed by atoms with E-state index in [1.165, 1.54) is 4.90 Å². The van der Waals surface area contributed by atoms with Gasteiger partial charge in [0.05, 0.1) is 5.69 Å². The maximum atomic E-state index is 11.5. The van der Waals surface area contributed by atoms with Crippen LogP contribution in [0, 0.1) is 6.92 Å². The van der Waals surface area contributed by atoms with Crippen molar-refractivity contribution in [2.45, 2.75) is 20.3 Å². The van der Waals surface area contributed by atoms with Gasteiger partial charge in [0.1, 0.15) is 11.0 Å². The van der Waals surface area contributed by atoms with Crippen LogP contribution in [0.5, 0.6) is 0 Å². The Morgan fingerprint density at radius 2 is 2.05 bits per heavy atom. The van der Waals surface area contributed by atoms with Gasteiger partial charge < -0.3 is 0 Å². The maximum absolute atomic E-state index is 11.5. The van der Waals surface area contributed by atoms with Gasteiger partial charge in [-0.2, -0.15) is 4.98 Å². The zero-order valence-corrected chi connectivity index (χ0v) is 12.6. The first-order valence-corrected chi connectivity index (χ1v) is 6.85. The Balaban J connectivity index is 2.60. The molecule has 2 aromatic rings. The van der Waals surface area contributed by atoms with E-state index in [9.17, 15) is 4.79 Å². The van der Waals surface area contributed by atoms with Crippen LogP contribution in [0.3, 0.4) is 0 Å². The molecule has 0 aliphatic rings. The van der Waals surface area contributed by atoms with Crippen LogP contribution < -0.4 is 4.90 Å². The lowest BCUT2D eigenvalue weighted by Gasteiger charge is -2.20. The minimum Gasteiger partial charge on any atom is -0.278 e. The lowest BCUT2D eigenvalue weighted by molar-refractivity contribution is -0.106. The average molecular weight is 310 g/mol. The minimum atomic E-state index is 0.0155. The van der Waals surface area contributed by atoms with Crippen molar-refractivity contribution in [2.75, 3.05) is 4.90 Å². The first-order chi connectivity index (χ1) is 9.56. The molecule has 2 rings (SSSR count). The molecule has 1 aromatic carbocycles. The lowest BCUT2D eigenvalue weighted by atomic mass is 10.2. The van der Waals surface area contributed by atoms with E-state index in [0.29, 0.717) is 29.9 Å². The highest BCUT2D eigenvalue weighted by atomic mass is 35.5. The fourth-order valence-electron chi connectivity index (χ4n) is 1.93. The Bertz CT molecular complexity index is 646. The van der Waals surface area contributed by atoms with Crippen molar-refractivity contribution in [3.63, 3.8) is 0 Å². The molecule has 6 heteroatoms. The molecule has 1 heterocycles. The van der Waals surface area contributed by atoms with Gasteiger partial charge in [0, 0.05) is 5.56 Å². The normalized spacial score (nSPS) is 10.4. The number of anilines is 2. The van der Waals surface area contributed by atoms with Crippen LogP contribution in [-0.2, 0) is 11.2 Å². The van der Waals surface area contributed by atoms with Crippen LogP contribution in [0.4, 0.5) is 11.5 Å². The monoisotopic (exact) mass is 309 g/mol. The number of nitrogens with zero attached hydrogens (tertiary/aromatic N) is 3. The standard InChI is InChI=1S/C14H13Cl2N3O/c1-3-11-12(15)17-14(16)18-13(11)19(8-20)10-6-4-5-9(2)7-10/h4-8H,3H2,1-2H3. The molecule has 0 saturated heterocycles. The zero-order valence-electron chi connectivity index (χ0n) is 11.1. The molecule has 0 saturated carbocycles. The number of amides is 1. The summed E-state index contributed by atoms with van der Waals surface area (Å²) in [5, 5.41) is 0.281. The fourth-order valence-corrected chi connectivity index (χ4v) is 2.44. The third-order valence-corrected chi connectivity index (χ3v) is 3.36. The first kappa shape index (κ1) is 14.8. The molecule has 0 bridgehead atoms. The van der Waals surface area contributed by atoms with Crippen molar-refractivity contribution in [3.05, 3.63) is 45.8 Å². The van der Waals surface area contributed by atoms with E-state index in [-0.39, 0.29) is 10.4 Å². The van der Waals surface area contributed by atoms with E-state index in [1.54, 1.807) is 0 Å². The van der Waals surface area contributed by atoms with Crippen molar-refractivity contribution in [2.24, 2.45) is 0 Å². The third kappa shape index (κ3) is 2.92. The van der Waals surface area contributed by atoms with Crippen molar-refractivity contribution < 1.29 is 4.79 Å². The van der Waals surface area contributed by atoms with E-state index in [1.807, 2.05) is 38.1 Å². The van der Waals surface area contributed by atoms with Gasteiger partial charge in [0.25, 0.3) is 0 Å². The summed E-state index contributed by atoms with van der Waals surface area (Å²) in [6.07, 6.45) is 1.30. The number of halogens is 2. The summed E-state index contributed by atoms with van der Waals surface area (Å²) >= 11 is 11.9. The summed E-state index contributed by atoms with van der Waals surface area (Å²) < 4.78 is 0. The molecule has 0 atom stereocenters. The number of aromatic nitrogens is 2. The highest BCUT2D eigenvalue weighted by molar-refractivity contribution is 6.32.